The number of hydrogen-bond donors (Lipinski definition) is 0. The predicted molar refractivity (Wildman–Crippen MR) is 94.7 cm³/mol. The molecule has 0 saturated carbocycles. The Bertz CT molecular complexity index is 723. The number of ether oxygens (including phenoxy) is 2. The average molecular weight is 325 g/mol. The van der Waals surface area contributed by atoms with Gasteiger partial charge in [-0.05, 0) is 72.9 Å². The standard InChI is InChI=1S/C21H27NO2/c1-23-16-7-6-15-9-11-22-10-3-4-18-19(21(15,22)13-16)12-14-5-8-17(14)20(18)24-2/h6,12,16H,3-5,7-11,13H2,1-2H3/t16-,21-/m0/s1. The maximum Gasteiger partial charge on any atom is 0.125 e. The molecule has 2 aliphatic carbocycles. The summed E-state index contributed by atoms with van der Waals surface area (Å²) in [4.78, 5) is 2.75. The molecule has 0 aromatic heterocycles. The van der Waals surface area contributed by atoms with Crippen molar-refractivity contribution >= 4 is 0 Å². The summed E-state index contributed by atoms with van der Waals surface area (Å²) in [6.45, 7) is 2.39. The fourth-order valence-electron chi connectivity index (χ4n) is 5.70. The molecule has 1 saturated heterocycles. The van der Waals surface area contributed by atoms with Gasteiger partial charge in [0.1, 0.15) is 5.75 Å². The molecule has 1 aromatic carbocycles. The van der Waals surface area contributed by atoms with Crippen molar-refractivity contribution in [3.8, 4) is 5.75 Å². The molecule has 0 bridgehead atoms. The molecule has 0 unspecified atom stereocenters. The minimum atomic E-state index is 0.0721. The van der Waals surface area contributed by atoms with Crippen LogP contribution in [0, 0.1) is 0 Å². The van der Waals surface area contributed by atoms with Crippen LogP contribution in [0.2, 0.25) is 0 Å². The first-order valence-corrected chi connectivity index (χ1v) is 9.47. The van der Waals surface area contributed by atoms with Crippen LogP contribution in [0.15, 0.2) is 17.7 Å². The molecule has 3 nitrogen and oxygen atoms in total. The van der Waals surface area contributed by atoms with E-state index in [4.69, 9.17) is 9.47 Å². The Morgan fingerprint density at radius 2 is 2.00 bits per heavy atom. The number of fused-ring (bicyclic) bond motifs is 2. The van der Waals surface area contributed by atoms with Gasteiger partial charge in [0.2, 0.25) is 0 Å². The molecule has 0 amide bonds. The molecule has 1 spiro atoms. The van der Waals surface area contributed by atoms with Crippen LogP contribution in [0.1, 0.15) is 47.9 Å². The van der Waals surface area contributed by atoms with E-state index >= 15 is 0 Å². The largest absolute Gasteiger partial charge is 0.496 e. The van der Waals surface area contributed by atoms with E-state index in [-0.39, 0.29) is 5.54 Å². The van der Waals surface area contributed by atoms with Crippen LogP contribution in [0.25, 0.3) is 0 Å². The topological polar surface area (TPSA) is 21.7 Å². The molecule has 2 heterocycles. The zero-order chi connectivity index (χ0) is 16.3. The Hall–Kier alpha value is -1.32. The Morgan fingerprint density at radius 1 is 1.08 bits per heavy atom. The molecular weight excluding hydrogens is 298 g/mol. The first-order valence-electron chi connectivity index (χ1n) is 9.47. The molecule has 4 aliphatic rings. The lowest BCUT2D eigenvalue weighted by atomic mass is 9.70. The van der Waals surface area contributed by atoms with Crippen molar-refractivity contribution in [2.45, 2.75) is 56.6 Å². The predicted octanol–water partition coefficient (Wildman–Crippen LogP) is 3.38. The molecular formula is C21H27NO2. The van der Waals surface area contributed by atoms with Crippen molar-refractivity contribution in [3.63, 3.8) is 0 Å². The lowest BCUT2D eigenvalue weighted by Gasteiger charge is -2.45. The van der Waals surface area contributed by atoms with Crippen molar-refractivity contribution in [3.05, 3.63) is 40.0 Å². The fraction of sp³-hybridized carbons (Fsp3) is 0.619. The highest BCUT2D eigenvalue weighted by atomic mass is 16.5. The Kier molecular flexibility index (Phi) is 3.33. The van der Waals surface area contributed by atoms with Gasteiger partial charge in [-0.15, -0.1) is 0 Å². The zero-order valence-electron chi connectivity index (χ0n) is 14.9. The summed E-state index contributed by atoms with van der Waals surface area (Å²) < 4.78 is 11.8. The third-order valence-electron chi connectivity index (χ3n) is 6.93. The number of benzene rings is 1. The number of rotatable bonds is 2. The van der Waals surface area contributed by atoms with Crippen molar-refractivity contribution in [2.24, 2.45) is 0 Å². The van der Waals surface area contributed by atoms with Gasteiger partial charge in [-0.1, -0.05) is 12.1 Å². The monoisotopic (exact) mass is 325 g/mol. The van der Waals surface area contributed by atoms with E-state index in [0.717, 1.165) is 19.3 Å². The van der Waals surface area contributed by atoms with E-state index in [9.17, 15) is 0 Å². The number of aryl methyl sites for hydroxylation is 1. The van der Waals surface area contributed by atoms with Crippen molar-refractivity contribution in [1.82, 2.24) is 4.90 Å². The van der Waals surface area contributed by atoms with E-state index in [2.05, 4.69) is 17.0 Å². The second kappa shape index (κ2) is 5.34. The molecule has 3 heteroatoms. The molecule has 0 N–H and O–H groups in total. The Balaban J connectivity index is 1.76. The lowest BCUT2D eigenvalue weighted by molar-refractivity contribution is 0.0346. The molecule has 0 radical (unpaired) electrons. The van der Waals surface area contributed by atoms with Gasteiger partial charge >= 0.3 is 0 Å². The minimum Gasteiger partial charge on any atom is -0.496 e. The number of methoxy groups -OCH3 is 2. The smallest absolute Gasteiger partial charge is 0.125 e. The highest BCUT2D eigenvalue weighted by molar-refractivity contribution is 5.60. The third kappa shape index (κ3) is 1.80. The highest BCUT2D eigenvalue weighted by Crippen LogP contribution is 2.54. The highest BCUT2D eigenvalue weighted by Gasteiger charge is 2.51. The maximum absolute atomic E-state index is 5.94. The molecule has 2 atom stereocenters. The SMILES string of the molecule is COc1c2c(cc3c1CCCN1CCC4=CC[C@H](OC)C[C@]431)CC2. The molecule has 1 fully saturated rings. The van der Waals surface area contributed by atoms with Crippen LogP contribution >= 0.6 is 0 Å². The third-order valence-corrected chi connectivity index (χ3v) is 6.93. The maximum atomic E-state index is 5.94. The second-order valence-corrected chi connectivity index (χ2v) is 7.80. The summed E-state index contributed by atoms with van der Waals surface area (Å²) in [5, 5.41) is 0. The average Bonchev–Trinajstić information content (AvgIpc) is 2.88. The Morgan fingerprint density at radius 3 is 2.75 bits per heavy atom. The first-order chi connectivity index (χ1) is 11.8. The first kappa shape index (κ1) is 15.0. The molecule has 5 rings (SSSR count). The van der Waals surface area contributed by atoms with E-state index < -0.39 is 0 Å². The van der Waals surface area contributed by atoms with Crippen LogP contribution in [-0.2, 0) is 29.5 Å². The summed E-state index contributed by atoms with van der Waals surface area (Å²) in [6.07, 6.45) is 11.0. The van der Waals surface area contributed by atoms with Crippen LogP contribution in [0.5, 0.6) is 5.75 Å². The van der Waals surface area contributed by atoms with Gasteiger partial charge in [0, 0.05) is 20.1 Å². The van der Waals surface area contributed by atoms with Crippen molar-refractivity contribution in [2.75, 3.05) is 27.3 Å². The second-order valence-electron chi connectivity index (χ2n) is 7.80. The zero-order valence-corrected chi connectivity index (χ0v) is 14.9. The summed E-state index contributed by atoms with van der Waals surface area (Å²) >= 11 is 0. The van der Waals surface area contributed by atoms with Gasteiger partial charge in [-0.3, -0.25) is 4.90 Å². The van der Waals surface area contributed by atoms with Gasteiger partial charge in [-0.2, -0.15) is 0 Å². The quantitative estimate of drug-likeness (QED) is 0.778. The van der Waals surface area contributed by atoms with Crippen LogP contribution in [0.4, 0.5) is 0 Å². The lowest BCUT2D eigenvalue weighted by Crippen LogP contribution is -2.46. The van der Waals surface area contributed by atoms with Gasteiger partial charge < -0.3 is 9.47 Å². The van der Waals surface area contributed by atoms with Crippen LogP contribution in [0.3, 0.4) is 0 Å². The molecule has 2 aliphatic heterocycles. The fourth-order valence-corrected chi connectivity index (χ4v) is 5.70. The van der Waals surface area contributed by atoms with E-state index in [1.165, 1.54) is 61.2 Å². The number of hydrogen-bond acceptors (Lipinski definition) is 3. The van der Waals surface area contributed by atoms with Crippen LogP contribution in [-0.4, -0.2) is 38.3 Å². The summed E-state index contributed by atoms with van der Waals surface area (Å²) in [5.74, 6) is 1.20. The van der Waals surface area contributed by atoms with Gasteiger partial charge in [0.05, 0.1) is 18.8 Å². The van der Waals surface area contributed by atoms with Crippen LogP contribution < -0.4 is 4.74 Å². The molecule has 1 aromatic rings. The van der Waals surface area contributed by atoms with Gasteiger partial charge in [0.25, 0.3) is 0 Å². The molecule has 24 heavy (non-hydrogen) atoms. The summed E-state index contributed by atoms with van der Waals surface area (Å²) in [5.41, 5.74) is 7.74. The Labute approximate surface area is 144 Å². The summed E-state index contributed by atoms with van der Waals surface area (Å²) in [6, 6.07) is 2.53. The van der Waals surface area contributed by atoms with Gasteiger partial charge in [-0.25, -0.2) is 0 Å². The van der Waals surface area contributed by atoms with Crippen molar-refractivity contribution in [1.29, 1.82) is 0 Å². The van der Waals surface area contributed by atoms with E-state index in [1.807, 2.05) is 14.2 Å². The van der Waals surface area contributed by atoms with E-state index in [1.54, 1.807) is 11.1 Å². The minimum absolute atomic E-state index is 0.0721. The normalized spacial score (nSPS) is 31.1. The number of nitrogens with zero attached hydrogens (tertiary/aromatic N) is 1. The van der Waals surface area contributed by atoms with Crippen molar-refractivity contribution < 1.29 is 9.47 Å². The molecule has 128 valence electrons. The van der Waals surface area contributed by atoms with Gasteiger partial charge in [0.15, 0.2) is 0 Å². The summed E-state index contributed by atoms with van der Waals surface area (Å²) in [7, 11) is 3.73. The van der Waals surface area contributed by atoms with E-state index in [0.29, 0.717) is 6.10 Å².